The van der Waals surface area contributed by atoms with Crippen molar-refractivity contribution in [2.75, 3.05) is 6.54 Å². The van der Waals surface area contributed by atoms with E-state index in [0.29, 0.717) is 24.9 Å². The Kier molecular flexibility index (Phi) is 2.99. The number of carboxylic acid groups (broad SMARTS) is 1. The fourth-order valence-corrected chi connectivity index (χ4v) is 2.07. The maximum Gasteiger partial charge on any atom is 0.326 e. The largest absolute Gasteiger partial charge is 0.508 e. The molecular weight excluding hydrogens is 222 g/mol. The molecule has 0 bridgehead atoms. The van der Waals surface area contributed by atoms with Gasteiger partial charge in [-0.3, -0.25) is 4.79 Å². The van der Waals surface area contributed by atoms with Gasteiger partial charge in [0.2, 0.25) is 0 Å². The number of likely N-dealkylation sites (tertiary alicyclic amines) is 1. The number of amides is 1. The topological polar surface area (TPSA) is 77.8 Å². The predicted octanol–water partition coefficient (Wildman–Crippen LogP) is 1.08. The molecule has 1 atom stereocenters. The number of aromatic hydroxyl groups is 1. The third-order valence-electron chi connectivity index (χ3n) is 2.89. The molecule has 0 aromatic heterocycles. The van der Waals surface area contributed by atoms with E-state index in [9.17, 15) is 14.7 Å². The third-order valence-corrected chi connectivity index (χ3v) is 2.89. The molecule has 1 aromatic rings. The van der Waals surface area contributed by atoms with E-state index in [-0.39, 0.29) is 11.7 Å². The summed E-state index contributed by atoms with van der Waals surface area (Å²) in [5.74, 6) is -1.32. The van der Waals surface area contributed by atoms with E-state index in [2.05, 4.69) is 0 Å². The number of rotatable bonds is 2. The molecule has 1 aliphatic rings. The number of carbonyl (C=O) groups is 2. The minimum atomic E-state index is -0.976. The molecular formula is C12H13NO4. The smallest absolute Gasteiger partial charge is 0.326 e. The van der Waals surface area contributed by atoms with Crippen LogP contribution in [0.1, 0.15) is 23.2 Å². The SMILES string of the molecule is O=C(O)[C@@H]1CCCN1C(=O)c1cccc(O)c1. The Morgan fingerprint density at radius 3 is 2.76 bits per heavy atom. The molecule has 0 radical (unpaired) electrons. The van der Waals surface area contributed by atoms with Gasteiger partial charge in [-0.2, -0.15) is 0 Å². The number of phenols is 1. The summed E-state index contributed by atoms with van der Waals surface area (Å²) in [6, 6.07) is 5.20. The Morgan fingerprint density at radius 2 is 2.12 bits per heavy atom. The van der Waals surface area contributed by atoms with Crippen molar-refractivity contribution in [3.05, 3.63) is 29.8 Å². The summed E-state index contributed by atoms with van der Waals surface area (Å²) in [5.41, 5.74) is 0.318. The van der Waals surface area contributed by atoms with Crippen LogP contribution in [0.2, 0.25) is 0 Å². The van der Waals surface area contributed by atoms with Crippen LogP contribution < -0.4 is 0 Å². The summed E-state index contributed by atoms with van der Waals surface area (Å²) in [5, 5.41) is 18.3. The van der Waals surface area contributed by atoms with Crippen molar-refractivity contribution in [2.24, 2.45) is 0 Å². The molecule has 1 aromatic carbocycles. The number of aliphatic carboxylic acids is 1. The monoisotopic (exact) mass is 235 g/mol. The summed E-state index contributed by atoms with van der Waals surface area (Å²) in [6.45, 7) is 0.450. The number of nitrogens with zero attached hydrogens (tertiary/aromatic N) is 1. The number of hydrogen-bond acceptors (Lipinski definition) is 3. The molecule has 17 heavy (non-hydrogen) atoms. The lowest BCUT2D eigenvalue weighted by atomic mass is 10.1. The molecule has 5 heteroatoms. The first-order chi connectivity index (χ1) is 8.09. The van der Waals surface area contributed by atoms with E-state index in [4.69, 9.17) is 5.11 Å². The van der Waals surface area contributed by atoms with Crippen molar-refractivity contribution >= 4 is 11.9 Å². The molecule has 0 unspecified atom stereocenters. The summed E-state index contributed by atoms with van der Waals surface area (Å²) in [7, 11) is 0. The number of carboxylic acids is 1. The second-order valence-corrected chi connectivity index (χ2v) is 4.05. The van der Waals surface area contributed by atoms with Crippen LogP contribution in [0.4, 0.5) is 0 Å². The fourth-order valence-electron chi connectivity index (χ4n) is 2.07. The third kappa shape index (κ3) is 2.22. The van der Waals surface area contributed by atoms with Crippen molar-refractivity contribution in [2.45, 2.75) is 18.9 Å². The standard InChI is InChI=1S/C12H13NO4/c14-9-4-1-3-8(7-9)11(15)13-6-2-5-10(13)12(16)17/h1,3-4,7,10,14H,2,5-6H2,(H,16,17)/t10-/m0/s1. The number of phenolic OH excluding ortho intramolecular Hbond substituents is 1. The van der Waals surface area contributed by atoms with Crippen LogP contribution in [0.3, 0.4) is 0 Å². The summed E-state index contributed by atoms with van der Waals surface area (Å²) < 4.78 is 0. The Morgan fingerprint density at radius 1 is 1.35 bits per heavy atom. The van der Waals surface area contributed by atoms with Crippen LogP contribution >= 0.6 is 0 Å². The summed E-state index contributed by atoms with van der Waals surface area (Å²) >= 11 is 0. The highest BCUT2D eigenvalue weighted by Crippen LogP contribution is 2.21. The molecule has 0 saturated carbocycles. The molecule has 1 saturated heterocycles. The Balaban J connectivity index is 2.23. The summed E-state index contributed by atoms with van der Waals surface area (Å²) in [6.07, 6.45) is 1.18. The molecule has 2 N–H and O–H groups in total. The molecule has 2 rings (SSSR count). The van der Waals surface area contributed by atoms with Crippen LogP contribution in [0.25, 0.3) is 0 Å². The average molecular weight is 235 g/mol. The number of carbonyl (C=O) groups excluding carboxylic acids is 1. The minimum absolute atomic E-state index is 0.00178. The number of benzene rings is 1. The second-order valence-electron chi connectivity index (χ2n) is 4.05. The highest BCUT2D eigenvalue weighted by atomic mass is 16.4. The molecule has 1 fully saturated rings. The van der Waals surface area contributed by atoms with E-state index in [1.807, 2.05) is 0 Å². The van der Waals surface area contributed by atoms with Gasteiger partial charge in [0, 0.05) is 12.1 Å². The average Bonchev–Trinajstić information content (AvgIpc) is 2.77. The maximum atomic E-state index is 12.1. The zero-order chi connectivity index (χ0) is 12.4. The molecule has 1 aliphatic heterocycles. The highest BCUT2D eigenvalue weighted by molar-refractivity contribution is 5.97. The van der Waals surface area contributed by atoms with Crippen molar-refractivity contribution in [3.63, 3.8) is 0 Å². The van der Waals surface area contributed by atoms with Gasteiger partial charge in [-0.25, -0.2) is 4.79 Å². The van der Waals surface area contributed by atoms with Crippen molar-refractivity contribution in [1.82, 2.24) is 4.90 Å². The van der Waals surface area contributed by atoms with Crippen LogP contribution in [-0.4, -0.2) is 39.6 Å². The Labute approximate surface area is 98.3 Å². The Bertz CT molecular complexity index is 458. The van der Waals surface area contributed by atoms with Gasteiger partial charge in [0.15, 0.2) is 0 Å². The number of hydrogen-bond donors (Lipinski definition) is 2. The van der Waals surface area contributed by atoms with Gasteiger partial charge in [0.1, 0.15) is 11.8 Å². The van der Waals surface area contributed by atoms with Crippen molar-refractivity contribution < 1.29 is 19.8 Å². The second kappa shape index (κ2) is 4.45. The van der Waals surface area contributed by atoms with Gasteiger partial charge in [0.05, 0.1) is 0 Å². The van der Waals surface area contributed by atoms with E-state index in [0.717, 1.165) is 0 Å². The normalized spacial score (nSPS) is 19.3. The summed E-state index contributed by atoms with van der Waals surface area (Å²) in [4.78, 5) is 24.4. The van der Waals surface area contributed by atoms with Gasteiger partial charge in [-0.1, -0.05) is 6.07 Å². The molecule has 0 spiro atoms. The van der Waals surface area contributed by atoms with Gasteiger partial charge in [0.25, 0.3) is 5.91 Å². The van der Waals surface area contributed by atoms with Gasteiger partial charge < -0.3 is 15.1 Å². The first-order valence-electron chi connectivity index (χ1n) is 5.42. The van der Waals surface area contributed by atoms with Gasteiger partial charge in [-0.05, 0) is 31.0 Å². The molecule has 5 nitrogen and oxygen atoms in total. The van der Waals surface area contributed by atoms with Gasteiger partial charge >= 0.3 is 5.97 Å². The van der Waals surface area contributed by atoms with Crippen LogP contribution in [-0.2, 0) is 4.79 Å². The molecule has 1 heterocycles. The molecule has 1 amide bonds. The molecule has 90 valence electrons. The lowest BCUT2D eigenvalue weighted by Gasteiger charge is -2.21. The first-order valence-corrected chi connectivity index (χ1v) is 5.42. The quantitative estimate of drug-likeness (QED) is 0.804. The minimum Gasteiger partial charge on any atom is -0.508 e. The zero-order valence-electron chi connectivity index (χ0n) is 9.17. The van der Waals surface area contributed by atoms with E-state index >= 15 is 0 Å². The van der Waals surface area contributed by atoms with E-state index in [1.165, 1.54) is 17.0 Å². The molecule has 0 aliphatic carbocycles. The zero-order valence-corrected chi connectivity index (χ0v) is 9.17. The fraction of sp³-hybridized carbons (Fsp3) is 0.333. The van der Waals surface area contributed by atoms with Gasteiger partial charge in [-0.15, -0.1) is 0 Å². The van der Waals surface area contributed by atoms with Crippen LogP contribution in [0.15, 0.2) is 24.3 Å². The van der Waals surface area contributed by atoms with Crippen molar-refractivity contribution in [3.8, 4) is 5.75 Å². The lowest BCUT2D eigenvalue weighted by molar-refractivity contribution is -0.141. The van der Waals surface area contributed by atoms with Crippen LogP contribution in [0.5, 0.6) is 5.75 Å². The van der Waals surface area contributed by atoms with E-state index < -0.39 is 12.0 Å². The lowest BCUT2D eigenvalue weighted by Crippen LogP contribution is -2.40. The van der Waals surface area contributed by atoms with E-state index in [1.54, 1.807) is 12.1 Å². The van der Waals surface area contributed by atoms with Crippen molar-refractivity contribution in [1.29, 1.82) is 0 Å². The maximum absolute atomic E-state index is 12.1. The highest BCUT2D eigenvalue weighted by Gasteiger charge is 2.34. The van der Waals surface area contributed by atoms with Crippen LogP contribution in [0, 0.1) is 0 Å². The first kappa shape index (κ1) is 11.4. The Hall–Kier alpha value is -2.04. The predicted molar refractivity (Wildman–Crippen MR) is 59.8 cm³/mol.